The summed E-state index contributed by atoms with van der Waals surface area (Å²) < 4.78 is 5.49. The molecular formula is C18H27N5O3. The van der Waals surface area contributed by atoms with Crippen molar-refractivity contribution in [2.45, 2.75) is 38.3 Å². The number of aromatic nitrogens is 2. The molecule has 0 radical (unpaired) electrons. The molecule has 2 aliphatic heterocycles. The Morgan fingerprint density at radius 1 is 1.38 bits per heavy atom. The number of amides is 2. The van der Waals surface area contributed by atoms with E-state index < -0.39 is 6.04 Å². The number of nitrogens with zero attached hydrogens (tertiary/aromatic N) is 3. The third kappa shape index (κ3) is 4.56. The summed E-state index contributed by atoms with van der Waals surface area (Å²) in [5.74, 6) is 0.000461. The lowest BCUT2D eigenvalue weighted by molar-refractivity contribution is -0.125. The maximum Gasteiger partial charge on any atom is 0.255 e. The van der Waals surface area contributed by atoms with Gasteiger partial charge in [-0.3, -0.25) is 14.5 Å². The number of carbonyl (C=O) groups is 2. The Labute approximate surface area is 153 Å². The molecule has 0 bridgehead atoms. The van der Waals surface area contributed by atoms with Crippen LogP contribution in [0.3, 0.4) is 0 Å². The average Bonchev–Trinajstić information content (AvgIpc) is 2.72. The molecule has 8 nitrogen and oxygen atoms in total. The van der Waals surface area contributed by atoms with E-state index in [1.807, 2.05) is 0 Å². The van der Waals surface area contributed by atoms with Crippen molar-refractivity contribution in [2.24, 2.45) is 5.92 Å². The predicted molar refractivity (Wildman–Crippen MR) is 95.5 cm³/mol. The van der Waals surface area contributed by atoms with E-state index in [-0.39, 0.29) is 17.4 Å². The van der Waals surface area contributed by atoms with Crippen LogP contribution in [-0.4, -0.2) is 71.1 Å². The first-order chi connectivity index (χ1) is 12.5. The summed E-state index contributed by atoms with van der Waals surface area (Å²) in [6.45, 7) is 7.76. The molecule has 2 saturated heterocycles. The van der Waals surface area contributed by atoms with Crippen LogP contribution in [0.2, 0.25) is 0 Å². The van der Waals surface area contributed by atoms with Crippen LogP contribution in [0, 0.1) is 5.92 Å². The van der Waals surface area contributed by atoms with E-state index in [1.54, 1.807) is 0 Å². The first-order valence-electron chi connectivity index (χ1n) is 9.15. The SMILES string of the molecule is CC(C)CN1CC(NC(=O)c2cncnc2)C(=O)NC2(CCOCC2)C1. The maximum absolute atomic E-state index is 12.9. The highest BCUT2D eigenvalue weighted by Gasteiger charge is 2.41. The lowest BCUT2D eigenvalue weighted by Crippen LogP contribution is -2.57. The zero-order valence-electron chi connectivity index (χ0n) is 15.4. The molecule has 1 aromatic heterocycles. The van der Waals surface area contributed by atoms with Gasteiger partial charge in [0, 0.05) is 45.2 Å². The Kier molecular flexibility index (Phi) is 5.83. The molecule has 2 amide bonds. The lowest BCUT2D eigenvalue weighted by Gasteiger charge is -2.39. The molecule has 8 heteroatoms. The summed E-state index contributed by atoms with van der Waals surface area (Å²) in [5, 5.41) is 6.04. The van der Waals surface area contributed by atoms with Gasteiger partial charge in [-0.05, 0) is 18.8 Å². The van der Waals surface area contributed by atoms with Crippen molar-refractivity contribution in [1.82, 2.24) is 25.5 Å². The molecule has 1 unspecified atom stereocenters. The van der Waals surface area contributed by atoms with E-state index in [9.17, 15) is 9.59 Å². The summed E-state index contributed by atoms with van der Waals surface area (Å²) in [6.07, 6.45) is 5.85. The van der Waals surface area contributed by atoms with Crippen LogP contribution in [-0.2, 0) is 9.53 Å². The van der Waals surface area contributed by atoms with Crippen LogP contribution in [0.5, 0.6) is 0 Å². The zero-order valence-corrected chi connectivity index (χ0v) is 15.4. The highest BCUT2D eigenvalue weighted by atomic mass is 16.5. The molecule has 142 valence electrons. The molecule has 3 rings (SSSR count). The normalized spacial score (nSPS) is 23.5. The predicted octanol–water partition coefficient (Wildman–Crippen LogP) is 0.212. The zero-order chi connectivity index (χ0) is 18.6. The van der Waals surface area contributed by atoms with Crippen molar-refractivity contribution in [1.29, 1.82) is 0 Å². The molecule has 2 fully saturated rings. The molecule has 0 aliphatic carbocycles. The first-order valence-corrected chi connectivity index (χ1v) is 9.15. The highest BCUT2D eigenvalue weighted by molar-refractivity contribution is 5.97. The molecule has 2 aliphatic rings. The highest BCUT2D eigenvalue weighted by Crippen LogP contribution is 2.25. The van der Waals surface area contributed by atoms with E-state index >= 15 is 0 Å². The Balaban J connectivity index is 1.76. The van der Waals surface area contributed by atoms with Crippen molar-refractivity contribution >= 4 is 11.8 Å². The van der Waals surface area contributed by atoms with Crippen molar-refractivity contribution < 1.29 is 14.3 Å². The summed E-state index contributed by atoms with van der Waals surface area (Å²) in [7, 11) is 0. The summed E-state index contributed by atoms with van der Waals surface area (Å²) in [4.78, 5) is 35.3. The average molecular weight is 361 g/mol. The number of hydrogen-bond acceptors (Lipinski definition) is 6. The summed E-state index contributed by atoms with van der Waals surface area (Å²) in [5.41, 5.74) is 0.0697. The summed E-state index contributed by atoms with van der Waals surface area (Å²) in [6, 6.07) is -0.608. The van der Waals surface area contributed by atoms with Gasteiger partial charge in [-0.2, -0.15) is 0 Å². The minimum atomic E-state index is -0.608. The van der Waals surface area contributed by atoms with Crippen molar-refractivity contribution in [3.63, 3.8) is 0 Å². The van der Waals surface area contributed by atoms with Gasteiger partial charge in [0.05, 0.1) is 11.1 Å². The van der Waals surface area contributed by atoms with Crippen LogP contribution in [0.25, 0.3) is 0 Å². The number of ether oxygens (including phenoxy) is 1. The van der Waals surface area contributed by atoms with E-state index in [1.165, 1.54) is 18.7 Å². The van der Waals surface area contributed by atoms with Gasteiger partial charge in [0.15, 0.2) is 0 Å². The van der Waals surface area contributed by atoms with E-state index in [0.717, 1.165) is 25.9 Å². The fourth-order valence-corrected chi connectivity index (χ4v) is 3.69. The lowest BCUT2D eigenvalue weighted by atomic mass is 9.89. The fraction of sp³-hybridized carbons (Fsp3) is 0.667. The van der Waals surface area contributed by atoms with E-state index in [4.69, 9.17) is 4.74 Å². The Morgan fingerprint density at radius 3 is 2.73 bits per heavy atom. The maximum atomic E-state index is 12.9. The largest absolute Gasteiger partial charge is 0.381 e. The van der Waals surface area contributed by atoms with Crippen LogP contribution < -0.4 is 10.6 Å². The van der Waals surface area contributed by atoms with Gasteiger partial charge in [-0.1, -0.05) is 13.8 Å². The number of nitrogens with one attached hydrogen (secondary N) is 2. The number of rotatable bonds is 4. The Hall–Kier alpha value is -2.06. The second-order valence-electron chi connectivity index (χ2n) is 7.62. The quantitative estimate of drug-likeness (QED) is 0.796. The molecule has 0 aromatic carbocycles. The van der Waals surface area contributed by atoms with Crippen molar-refractivity contribution in [2.75, 3.05) is 32.8 Å². The molecule has 2 N–H and O–H groups in total. The van der Waals surface area contributed by atoms with E-state index in [0.29, 0.717) is 31.2 Å². The van der Waals surface area contributed by atoms with Gasteiger partial charge < -0.3 is 15.4 Å². The molecule has 1 aromatic rings. The van der Waals surface area contributed by atoms with Gasteiger partial charge in [-0.25, -0.2) is 9.97 Å². The number of carbonyl (C=O) groups excluding carboxylic acids is 2. The molecular weight excluding hydrogens is 334 g/mol. The topological polar surface area (TPSA) is 96.5 Å². The smallest absolute Gasteiger partial charge is 0.255 e. The standard InChI is InChI=1S/C18H27N5O3/c1-13(2)9-23-10-15(21-16(24)14-7-19-12-20-8-14)17(25)22-18(11-23)3-5-26-6-4-18/h7-8,12-13,15H,3-6,9-11H2,1-2H3,(H,21,24)(H,22,25). The Bertz CT molecular complexity index is 631. The van der Waals surface area contributed by atoms with Gasteiger partial charge in [0.25, 0.3) is 5.91 Å². The number of hydrogen-bond donors (Lipinski definition) is 2. The van der Waals surface area contributed by atoms with Crippen molar-refractivity contribution in [3.8, 4) is 0 Å². The molecule has 3 heterocycles. The Morgan fingerprint density at radius 2 is 2.08 bits per heavy atom. The first kappa shape index (κ1) is 18.7. The minimum absolute atomic E-state index is 0.136. The fourth-order valence-electron chi connectivity index (χ4n) is 3.69. The monoisotopic (exact) mass is 361 g/mol. The van der Waals surface area contributed by atoms with Crippen molar-refractivity contribution in [3.05, 3.63) is 24.3 Å². The van der Waals surface area contributed by atoms with Gasteiger partial charge >= 0.3 is 0 Å². The van der Waals surface area contributed by atoms with Gasteiger partial charge in [-0.15, -0.1) is 0 Å². The van der Waals surface area contributed by atoms with Crippen LogP contribution >= 0.6 is 0 Å². The molecule has 1 spiro atoms. The molecule has 1 atom stereocenters. The van der Waals surface area contributed by atoms with Crippen LogP contribution in [0.15, 0.2) is 18.7 Å². The van der Waals surface area contributed by atoms with Crippen LogP contribution in [0.1, 0.15) is 37.0 Å². The second-order valence-corrected chi connectivity index (χ2v) is 7.62. The minimum Gasteiger partial charge on any atom is -0.381 e. The second kappa shape index (κ2) is 8.09. The summed E-state index contributed by atoms with van der Waals surface area (Å²) >= 11 is 0. The third-order valence-corrected chi connectivity index (χ3v) is 4.87. The van der Waals surface area contributed by atoms with Crippen LogP contribution in [0.4, 0.5) is 0 Å². The molecule has 0 saturated carbocycles. The van der Waals surface area contributed by atoms with Gasteiger partial charge in [0.1, 0.15) is 12.4 Å². The van der Waals surface area contributed by atoms with E-state index in [2.05, 4.69) is 39.3 Å². The van der Waals surface area contributed by atoms with Gasteiger partial charge in [0.2, 0.25) is 5.91 Å². The molecule has 26 heavy (non-hydrogen) atoms. The third-order valence-electron chi connectivity index (χ3n) is 4.87.